The molecule has 2 N–H and O–H groups in total. The predicted octanol–water partition coefficient (Wildman–Crippen LogP) is 1.54. The van der Waals surface area contributed by atoms with Gasteiger partial charge in [-0.25, -0.2) is 0 Å². The third-order valence-electron chi connectivity index (χ3n) is 2.13. The van der Waals surface area contributed by atoms with E-state index in [0.29, 0.717) is 12.8 Å². The Morgan fingerprint density at radius 1 is 1.71 bits per heavy atom. The van der Waals surface area contributed by atoms with Gasteiger partial charge in [0.05, 0.1) is 19.4 Å². The summed E-state index contributed by atoms with van der Waals surface area (Å²) in [6.07, 6.45) is 2.46. The summed E-state index contributed by atoms with van der Waals surface area (Å²) in [4.78, 5) is 10.9. The second kappa shape index (κ2) is 4.81. The summed E-state index contributed by atoms with van der Waals surface area (Å²) in [5.74, 6) is 0.499. The Bertz CT molecular complexity index is 306. The highest BCUT2D eigenvalue weighted by atomic mass is 16.5. The van der Waals surface area contributed by atoms with E-state index in [1.165, 1.54) is 7.11 Å². The topological polar surface area (TPSA) is 65.5 Å². The number of esters is 1. The molecule has 1 rings (SSSR count). The summed E-state index contributed by atoms with van der Waals surface area (Å²) < 4.78 is 9.74. The van der Waals surface area contributed by atoms with Gasteiger partial charge in [0.2, 0.25) is 0 Å². The van der Waals surface area contributed by atoms with Crippen molar-refractivity contribution >= 4 is 5.97 Å². The normalized spacial score (nSPS) is 12.5. The molecule has 0 saturated carbocycles. The standard InChI is InChI=1S/C10H15NO3/c1-7-5-6-14-10(7)8(11)3-4-9(12)13-2/h5-6,8H,3-4,11H2,1-2H3. The second-order valence-corrected chi connectivity index (χ2v) is 3.19. The van der Waals surface area contributed by atoms with Gasteiger partial charge < -0.3 is 14.9 Å². The van der Waals surface area contributed by atoms with E-state index in [1.807, 2.05) is 13.0 Å². The molecule has 0 saturated heterocycles. The van der Waals surface area contributed by atoms with Gasteiger partial charge in [-0.1, -0.05) is 0 Å². The maximum absolute atomic E-state index is 10.9. The molecule has 0 aromatic carbocycles. The number of carbonyl (C=O) groups excluding carboxylic acids is 1. The van der Waals surface area contributed by atoms with Crippen LogP contribution in [-0.2, 0) is 9.53 Å². The van der Waals surface area contributed by atoms with Crippen molar-refractivity contribution in [2.45, 2.75) is 25.8 Å². The average molecular weight is 197 g/mol. The monoisotopic (exact) mass is 197 g/mol. The Morgan fingerprint density at radius 3 is 2.93 bits per heavy atom. The Morgan fingerprint density at radius 2 is 2.43 bits per heavy atom. The zero-order valence-corrected chi connectivity index (χ0v) is 8.45. The zero-order valence-electron chi connectivity index (χ0n) is 8.45. The van der Waals surface area contributed by atoms with Crippen LogP contribution in [-0.4, -0.2) is 13.1 Å². The SMILES string of the molecule is COC(=O)CCC(N)c1occc1C. The van der Waals surface area contributed by atoms with E-state index in [0.717, 1.165) is 11.3 Å². The third-order valence-corrected chi connectivity index (χ3v) is 2.13. The molecule has 0 spiro atoms. The van der Waals surface area contributed by atoms with Crippen LogP contribution in [0.5, 0.6) is 0 Å². The van der Waals surface area contributed by atoms with Crippen molar-refractivity contribution in [3.8, 4) is 0 Å². The Balaban J connectivity index is 2.47. The highest BCUT2D eigenvalue weighted by Gasteiger charge is 2.13. The molecule has 4 nitrogen and oxygen atoms in total. The number of rotatable bonds is 4. The summed E-state index contributed by atoms with van der Waals surface area (Å²) in [6, 6.07) is 1.62. The molecule has 0 bridgehead atoms. The van der Waals surface area contributed by atoms with Crippen LogP contribution >= 0.6 is 0 Å². The second-order valence-electron chi connectivity index (χ2n) is 3.19. The molecular weight excluding hydrogens is 182 g/mol. The molecule has 1 aromatic heterocycles. The molecule has 0 fully saturated rings. The first-order chi connectivity index (χ1) is 6.65. The molecule has 14 heavy (non-hydrogen) atoms. The van der Waals surface area contributed by atoms with Crippen LogP contribution in [0.25, 0.3) is 0 Å². The molecule has 1 aromatic rings. The molecule has 1 unspecified atom stereocenters. The minimum absolute atomic E-state index is 0.232. The van der Waals surface area contributed by atoms with E-state index < -0.39 is 0 Å². The van der Waals surface area contributed by atoms with Crippen molar-refractivity contribution in [1.29, 1.82) is 0 Å². The molecule has 0 aliphatic heterocycles. The van der Waals surface area contributed by atoms with Crippen LogP contribution in [0.3, 0.4) is 0 Å². The van der Waals surface area contributed by atoms with Gasteiger partial charge in [0.25, 0.3) is 0 Å². The van der Waals surface area contributed by atoms with Gasteiger partial charge >= 0.3 is 5.97 Å². The number of nitrogens with two attached hydrogens (primary N) is 1. The lowest BCUT2D eigenvalue weighted by molar-refractivity contribution is -0.140. The molecule has 78 valence electrons. The van der Waals surface area contributed by atoms with Gasteiger partial charge in [-0.2, -0.15) is 0 Å². The van der Waals surface area contributed by atoms with Crippen LogP contribution in [0.4, 0.5) is 0 Å². The van der Waals surface area contributed by atoms with Crippen molar-refractivity contribution in [2.24, 2.45) is 5.73 Å². The molecule has 1 heterocycles. The number of hydrogen-bond donors (Lipinski definition) is 1. The lowest BCUT2D eigenvalue weighted by Gasteiger charge is -2.08. The summed E-state index contributed by atoms with van der Waals surface area (Å²) in [5, 5.41) is 0. The maximum Gasteiger partial charge on any atom is 0.305 e. The largest absolute Gasteiger partial charge is 0.469 e. The van der Waals surface area contributed by atoms with Crippen molar-refractivity contribution in [3.63, 3.8) is 0 Å². The van der Waals surface area contributed by atoms with Gasteiger partial charge in [0.15, 0.2) is 0 Å². The van der Waals surface area contributed by atoms with E-state index in [9.17, 15) is 4.79 Å². The molecule has 0 aliphatic carbocycles. The highest BCUT2D eigenvalue weighted by Crippen LogP contribution is 2.20. The van der Waals surface area contributed by atoms with Crippen molar-refractivity contribution in [2.75, 3.05) is 7.11 Å². The first kappa shape index (κ1) is 10.8. The fourth-order valence-electron chi connectivity index (χ4n) is 1.27. The van der Waals surface area contributed by atoms with E-state index >= 15 is 0 Å². The van der Waals surface area contributed by atoms with E-state index in [4.69, 9.17) is 10.2 Å². The summed E-state index contributed by atoms with van der Waals surface area (Å²) in [7, 11) is 1.37. The van der Waals surface area contributed by atoms with Crippen LogP contribution < -0.4 is 5.73 Å². The minimum Gasteiger partial charge on any atom is -0.469 e. The molecule has 0 radical (unpaired) electrons. The van der Waals surface area contributed by atoms with Gasteiger partial charge in [0.1, 0.15) is 5.76 Å². The predicted molar refractivity (Wildman–Crippen MR) is 51.6 cm³/mol. The number of hydrogen-bond acceptors (Lipinski definition) is 4. The van der Waals surface area contributed by atoms with Crippen LogP contribution in [0, 0.1) is 6.92 Å². The van der Waals surface area contributed by atoms with Crippen LogP contribution in [0.15, 0.2) is 16.7 Å². The summed E-state index contributed by atoms with van der Waals surface area (Å²) in [5.41, 5.74) is 6.86. The van der Waals surface area contributed by atoms with Crippen molar-refractivity contribution < 1.29 is 13.9 Å². The van der Waals surface area contributed by atoms with Gasteiger partial charge in [-0.3, -0.25) is 4.79 Å². The smallest absolute Gasteiger partial charge is 0.305 e. The Hall–Kier alpha value is -1.29. The van der Waals surface area contributed by atoms with E-state index in [-0.39, 0.29) is 12.0 Å². The minimum atomic E-state index is -0.246. The lowest BCUT2D eigenvalue weighted by atomic mass is 10.1. The van der Waals surface area contributed by atoms with E-state index in [1.54, 1.807) is 6.26 Å². The first-order valence-corrected chi connectivity index (χ1v) is 4.51. The quantitative estimate of drug-likeness (QED) is 0.743. The fourth-order valence-corrected chi connectivity index (χ4v) is 1.27. The van der Waals surface area contributed by atoms with E-state index in [2.05, 4.69) is 4.74 Å². The number of methoxy groups -OCH3 is 1. The lowest BCUT2D eigenvalue weighted by Crippen LogP contribution is -2.13. The number of aryl methyl sites for hydroxylation is 1. The van der Waals surface area contributed by atoms with Gasteiger partial charge in [-0.15, -0.1) is 0 Å². The van der Waals surface area contributed by atoms with Gasteiger partial charge in [0, 0.05) is 6.42 Å². The molecular formula is C10H15NO3. The third kappa shape index (κ3) is 2.60. The molecule has 0 aliphatic rings. The zero-order chi connectivity index (χ0) is 10.6. The summed E-state index contributed by atoms with van der Waals surface area (Å²) in [6.45, 7) is 1.93. The number of furan rings is 1. The molecule has 0 amide bonds. The average Bonchev–Trinajstić information content (AvgIpc) is 2.60. The number of ether oxygens (including phenoxy) is 1. The fraction of sp³-hybridized carbons (Fsp3) is 0.500. The molecule has 4 heteroatoms. The maximum atomic E-state index is 10.9. The van der Waals surface area contributed by atoms with Crippen molar-refractivity contribution in [1.82, 2.24) is 0 Å². The first-order valence-electron chi connectivity index (χ1n) is 4.51. The van der Waals surface area contributed by atoms with Crippen LogP contribution in [0.1, 0.15) is 30.2 Å². The molecule has 1 atom stereocenters. The summed E-state index contributed by atoms with van der Waals surface area (Å²) >= 11 is 0. The van der Waals surface area contributed by atoms with Crippen molar-refractivity contribution in [3.05, 3.63) is 23.7 Å². The van der Waals surface area contributed by atoms with Crippen LogP contribution in [0.2, 0.25) is 0 Å². The Kier molecular flexibility index (Phi) is 3.71. The van der Waals surface area contributed by atoms with Gasteiger partial charge in [-0.05, 0) is 25.0 Å². The Labute approximate surface area is 83.0 Å². The number of carbonyl (C=O) groups is 1. The highest BCUT2D eigenvalue weighted by molar-refractivity contribution is 5.69.